The number of nitrogens with zero attached hydrogens (tertiary/aromatic N) is 2. The van der Waals surface area contributed by atoms with Crippen LogP contribution in [-0.2, 0) is 17.3 Å². The van der Waals surface area contributed by atoms with Crippen LogP contribution >= 0.6 is 0 Å². The van der Waals surface area contributed by atoms with Gasteiger partial charge in [0.25, 0.3) is 0 Å². The lowest BCUT2D eigenvalue weighted by Crippen LogP contribution is -2.49. The molecule has 0 saturated carbocycles. The number of aliphatic imine (C=N–C) groups is 1. The fourth-order valence-electron chi connectivity index (χ4n) is 3.64. The van der Waals surface area contributed by atoms with Gasteiger partial charge in [-0.2, -0.15) is 0 Å². The zero-order valence-corrected chi connectivity index (χ0v) is 18.3. The summed E-state index contributed by atoms with van der Waals surface area (Å²) < 4.78 is 12.3. The predicted octanol–water partition coefficient (Wildman–Crippen LogP) is 2.93. The summed E-state index contributed by atoms with van der Waals surface area (Å²) in [5.41, 5.74) is 2.71. The van der Waals surface area contributed by atoms with Crippen molar-refractivity contribution in [3.05, 3.63) is 65.7 Å². The summed E-state index contributed by atoms with van der Waals surface area (Å²) in [5, 5.41) is 6.83. The van der Waals surface area contributed by atoms with Crippen LogP contribution in [0.15, 0.2) is 64.5 Å². The van der Waals surface area contributed by atoms with Crippen molar-refractivity contribution in [3.8, 4) is 0 Å². The quantitative estimate of drug-likeness (QED) is 0.542. The Balaban J connectivity index is 1.37. The van der Waals surface area contributed by atoms with E-state index in [2.05, 4.69) is 51.7 Å². The Morgan fingerprint density at radius 1 is 1.14 bits per heavy atom. The second-order valence-electron chi connectivity index (χ2n) is 7.55. The Morgan fingerprint density at radius 2 is 1.90 bits per heavy atom. The number of rotatable bonds is 7. The molecular formula is C23H32N4OS. The van der Waals surface area contributed by atoms with Crippen LogP contribution in [0, 0.1) is 6.92 Å². The van der Waals surface area contributed by atoms with Crippen molar-refractivity contribution < 1.29 is 4.21 Å². The molecule has 1 atom stereocenters. The first-order chi connectivity index (χ1) is 14.1. The van der Waals surface area contributed by atoms with Crippen LogP contribution < -0.4 is 10.6 Å². The Morgan fingerprint density at radius 3 is 2.59 bits per heavy atom. The van der Waals surface area contributed by atoms with Gasteiger partial charge >= 0.3 is 0 Å². The summed E-state index contributed by atoms with van der Waals surface area (Å²) in [6, 6.07) is 18.8. The molecule has 29 heavy (non-hydrogen) atoms. The van der Waals surface area contributed by atoms with Gasteiger partial charge in [-0.05, 0) is 37.5 Å². The molecule has 1 aliphatic heterocycles. The molecule has 0 spiro atoms. The summed E-state index contributed by atoms with van der Waals surface area (Å²) in [6.45, 7) is 5.97. The van der Waals surface area contributed by atoms with Gasteiger partial charge in [0.15, 0.2) is 5.96 Å². The molecule has 1 aliphatic rings. The first kappa shape index (κ1) is 21.5. The van der Waals surface area contributed by atoms with E-state index in [9.17, 15) is 4.21 Å². The molecule has 2 aromatic rings. The van der Waals surface area contributed by atoms with Crippen molar-refractivity contribution in [2.24, 2.45) is 4.99 Å². The van der Waals surface area contributed by atoms with Gasteiger partial charge in [0.1, 0.15) is 0 Å². The number of piperidine rings is 1. The third kappa shape index (κ3) is 6.98. The highest BCUT2D eigenvalue weighted by molar-refractivity contribution is 7.85. The number of aryl methyl sites for hydroxylation is 1. The van der Waals surface area contributed by atoms with Gasteiger partial charge < -0.3 is 10.6 Å². The summed E-state index contributed by atoms with van der Waals surface area (Å²) >= 11 is 0. The van der Waals surface area contributed by atoms with Crippen molar-refractivity contribution in [1.29, 1.82) is 0 Å². The Kier molecular flexibility index (Phi) is 8.25. The molecule has 2 N–H and O–H groups in total. The molecule has 2 aromatic carbocycles. The highest BCUT2D eigenvalue weighted by atomic mass is 32.2. The molecule has 0 bridgehead atoms. The average molecular weight is 413 g/mol. The Labute approximate surface area is 177 Å². The molecule has 1 saturated heterocycles. The van der Waals surface area contributed by atoms with Gasteiger partial charge in [0, 0.05) is 49.9 Å². The topological polar surface area (TPSA) is 56.7 Å². The van der Waals surface area contributed by atoms with Crippen LogP contribution in [0.25, 0.3) is 0 Å². The lowest BCUT2D eigenvalue weighted by Gasteiger charge is -2.33. The van der Waals surface area contributed by atoms with Gasteiger partial charge in [0.05, 0.1) is 10.8 Å². The number of likely N-dealkylation sites (tertiary alicyclic amines) is 1. The summed E-state index contributed by atoms with van der Waals surface area (Å²) in [4.78, 5) is 7.72. The van der Waals surface area contributed by atoms with E-state index in [-0.39, 0.29) is 0 Å². The molecule has 156 valence electrons. The van der Waals surface area contributed by atoms with E-state index < -0.39 is 10.8 Å². The summed E-state index contributed by atoms with van der Waals surface area (Å²) in [7, 11) is 0.802. The van der Waals surface area contributed by atoms with Crippen LogP contribution in [0.2, 0.25) is 0 Å². The van der Waals surface area contributed by atoms with E-state index in [4.69, 9.17) is 0 Å². The fraction of sp³-hybridized carbons (Fsp3) is 0.435. The van der Waals surface area contributed by atoms with E-state index >= 15 is 0 Å². The average Bonchev–Trinajstić information content (AvgIpc) is 2.75. The van der Waals surface area contributed by atoms with Gasteiger partial charge in [0.2, 0.25) is 0 Å². The SMILES string of the molecule is CN=C(NCCS(=O)c1ccccc1)NC1CCN(Cc2cccc(C)c2)CC1. The second-order valence-corrected chi connectivity index (χ2v) is 9.12. The lowest BCUT2D eigenvalue weighted by atomic mass is 10.0. The molecule has 0 aromatic heterocycles. The van der Waals surface area contributed by atoms with Crippen LogP contribution in [0.3, 0.4) is 0 Å². The zero-order chi connectivity index (χ0) is 20.5. The molecule has 1 unspecified atom stereocenters. The number of benzene rings is 2. The Hall–Kier alpha value is -2.18. The molecule has 1 heterocycles. The van der Waals surface area contributed by atoms with Gasteiger partial charge in [-0.1, -0.05) is 48.0 Å². The highest BCUT2D eigenvalue weighted by Crippen LogP contribution is 2.14. The molecule has 0 radical (unpaired) electrons. The maximum atomic E-state index is 12.3. The second kappa shape index (κ2) is 11.1. The minimum Gasteiger partial charge on any atom is -0.355 e. The van der Waals surface area contributed by atoms with Crippen LogP contribution in [0.1, 0.15) is 24.0 Å². The van der Waals surface area contributed by atoms with Crippen molar-refractivity contribution in [3.63, 3.8) is 0 Å². The Bertz CT molecular complexity index is 817. The van der Waals surface area contributed by atoms with E-state index in [1.165, 1.54) is 11.1 Å². The monoisotopic (exact) mass is 412 g/mol. The highest BCUT2D eigenvalue weighted by Gasteiger charge is 2.20. The van der Waals surface area contributed by atoms with Crippen LogP contribution in [0.4, 0.5) is 0 Å². The number of hydrogen-bond acceptors (Lipinski definition) is 3. The number of guanidine groups is 1. The van der Waals surface area contributed by atoms with Gasteiger partial charge in [-0.15, -0.1) is 0 Å². The van der Waals surface area contributed by atoms with Crippen molar-refractivity contribution in [1.82, 2.24) is 15.5 Å². The number of nitrogens with one attached hydrogen (secondary N) is 2. The molecule has 1 fully saturated rings. The first-order valence-electron chi connectivity index (χ1n) is 10.3. The normalized spacial score (nSPS) is 17.1. The maximum Gasteiger partial charge on any atom is 0.191 e. The van der Waals surface area contributed by atoms with Gasteiger partial charge in [-0.25, -0.2) is 0 Å². The third-order valence-electron chi connectivity index (χ3n) is 5.23. The molecule has 6 heteroatoms. The standard InChI is InChI=1S/C23H32N4OS/c1-19-7-6-8-20(17-19)18-27-14-11-21(12-15-27)26-23(24-2)25-13-16-29(28)22-9-4-3-5-10-22/h3-10,17,21H,11-16,18H2,1-2H3,(H2,24,25,26). The molecule has 5 nitrogen and oxygen atoms in total. The molecule has 0 amide bonds. The third-order valence-corrected chi connectivity index (χ3v) is 6.60. The predicted molar refractivity (Wildman–Crippen MR) is 122 cm³/mol. The molecule has 3 rings (SSSR count). The van der Waals surface area contributed by atoms with Crippen LogP contribution in [0.5, 0.6) is 0 Å². The van der Waals surface area contributed by atoms with Crippen LogP contribution in [-0.4, -0.2) is 53.5 Å². The molecular weight excluding hydrogens is 380 g/mol. The van der Waals surface area contributed by atoms with Gasteiger partial charge in [-0.3, -0.25) is 14.1 Å². The zero-order valence-electron chi connectivity index (χ0n) is 17.4. The largest absolute Gasteiger partial charge is 0.355 e. The van der Waals surface area contributed by atoms with Crippen molar-refractivity contribution in [2.45, 2.75) is 37.2 Å². The summed E-state index contributed by atoms with van der Waals surface area (Å²) in [5.74, 6) is 1.37. The minimum absolute atomic E-state index is 0.426. The van der Waals surface area contributed by atoms with E-state index in [0.717, 1.165) is 43.3 Å². The van der Waals surface area contributed by atoms with Crippen molar-refractivity contribution >= 4 is 16.8 Å². The minimum atomic E-state index is -0.987. The lowest BCUT2D eigenvalue weighted by molar-refractivity contribution is 0.198. The number of hydrogen-bond donors (Lipinski definition) is 2. The maximum absolute atomic E-state index is 12.3. The van der Waals surface area contributed by atoms with E-state index in [1.807, 2.05) is 30.3 Å². The van der Waals surface area contributed by atoms with E-state index in [1.54, 1.807) is 7.05 Å². The first-order valence-corrected chi connectivity index (χ1v) is 11.6. The van der Waals surface area contributed by atoms with E-state index in [0.29, 0.717) is 18.3 Å². The smallest absolute Gasteiger partial charge is 0.191 e. The summed E-state index contributed by atoms with van der Waals surface area (Å²) in [6.07, 6.45) is 2.20. The fourth-order valence-corrected chi connectivity index (χ4v) is 4.63. The molecule has 0 aliphatic carbocycles. The van der Waals surface area contributed by atoms with Crippen molar-refractivity contribution in [2.75, 3.05) is 32.4 Å².